The summed E-state index contributed by atoms with van der Waals surface area (Å²) in [5, 5.41) is 3.99. The minimum absolute atomic E-state index is 0.0722. The van der Waals surface area contributed by atoms with Crippen LogP contribution in [-0.2, 0) is 23.1 Å². The molecule has 4 rings (SSSR count). The van der Waals surface area contributed by atoms with Gasteiger partial charge < -0.3 is 9.72 Å². The highest BCUT2D eigenvalue weighted by molar-refractivity contribution is 7.71. The van der Waals surface area contributed by atoms with Gasteiger partial charge in [-0.2, -0.15) is 18.3 Å². The number of aromatic nitrogens is 3. The Labute approximate surface area is 160 Å². The molecular formula is C18H12F5N3OS. The minimum Gasteiger partial charge on any atom is -0.354 e. The molecule has 0 saturated carbocycles. The highest BCUT2D eigenvalue weighted by Gasteiger charge is 2.61. The van der Waals surface area contributed by atoms with Crippen molar-refractivity contribution < 1.29 is 26.7 Å². The van der Waals surface area contributed by atoms with Crippen LogP contribution in [-0.4, -0.2) is 14.8 Å². The van der Waals surface area contributed by atoms with Gasteiger partial charge in [0, 0.05) is 0 Å². The van der Waals surface area contributed by atoms with Crippen LogP contribution in [0, 0.1) is 16.4 Å². The molecule has 0 spiro atoms. The summed E-state index contributed by atoms with van der Waals surface area (Å²) >= 11 is 5.09. The van der Waals surface area contributed by atoms with Crippen molar-refractivity contribution in [1.29, 1.82) is 0 Å². The number of rotatable bonds is 4. The summed E-state index contributed by atoms with van der Waals surface area (Å²) in [7, 11) is 0. The van der Waals surface area contributed by atoms with Gasteiger partial charge in [-0.05, 0) is 41.5 Å². The lowest BCUT2D eigenvalue weighted by molar-refractivity contribution is -0.138. The third-order valence-electron chi connectivity index (χ3n) is 4.66. The van der Waals surface area contributed by atoms with E-state index in [0.29, 0.717) is 0 Å². The van der Waals surface area contributed by atoms with Crippen LogP contribution < -0.4 is 0 Å². The number of nitrogens with zero attached hydrogens (tertiary/aromatic N) is 2. The molecule has 0 amide bonds. The van der Waals surface area contributed by atoms with E-state index in [9.17, 15) is 22.0 Å². The van der Waals surface area contributed by atoms with Gasteiger partial charge in [0.1, 0.15) is 18.0 Å². The van der Waals surface area contributed by atoms with Crippen LogP contribution in [0.2, 0.25) is 0 Å². The Morgan fingerprint density at radius 3 is 2.54 bits per heavy atom. The normalized spacial score (nSPS) is 21.7. The second-order valence-electron chi connectivity index (χ2n) is 6.35. The number of benzene rings is 2. The molecule has 2 aromatic carbocycles. The van der Waals surface area contributed by atoms with Crippen molar-refractivity contribution in [2.24, 2.45) is 0 Å². The second kappa shape index (κ2) is 6.49. The molecule has 1 aromatic heterocycles. The Morgan fingerprint density at radius 1 is 1.14 bits per heavy atom. The molecule has 10 heteroatoms. The number of epoxide rings is 1. The predicted octanol–water partition coefficient (Wildman–Crippen LogP) is 4.90. The van der Waals surface area contributed by atoms with Crippen LogP contribution in [0.15, 0.2) is 48.8 Å². The number of halogens is 5. The molecule has 28 heavy (non-hydrogen) atoms. The molecule has 1 saturated heterocycles. The van der Waals surface area contributed by atoms with E-state index in [2.05, 4.69) is 10.1 Å². The van der Waals surface area contributed by atoms with Gasteiger partial charge in [0.25, 0.3) is 0 Å². The SMILES string of the molecule is Fc1ccc([C@@]2(Cn3nc[nH]c3=S)O[C@@H]2c2ccccc2C(F)(F)F)cc1F. The Bertz CT molecular complexity index is 1090. The molecule has 1 aliphatic heterocycles. The zero-order valence-corrected chi connectivity index (χ0v) is 14.8. The fourth-order valence-electron chi connectivity index (χ4n) is 3.28. The number of aromatic amines is 1. The summed E-state index contributed by atoms with van der Waals surface area (Å²) in [6.45, 7) is -0.0722. The van der Waals surface area contributed by atoms with Crippen molar-refractivity contribution in [3.63, 3.8) is 0 Å². The molecule has 1 fully saturated rings. The summed E-state index contributed by atoms with van der Waals surface area (Å²) in [6.07, 6.45) is -4.30. The maximum Gasteiger partial charge on any atom is 0.416 e. The second-order valence-corrected chi connectivity index (χ2v) is 6.74. The smallest absolute Gasteiger partial charge is 0.354 e. The fraction of sp³-hybridized carbons (Fsp3) is 0.222. The summed E-state index contributed by atoms with van der Waals surface area (Å²) in [4.78, 5) is 2.68. The van der Waals surface area contributed by atoms with E-state index in [0.717, 1.165) is 18.2 Å². The van der Waals surface area contributed by atoms with Gasteiger partial charge in [0.2, 0.25) is 0 Å². The van der Waals surface area contributed by atoms with Gasteiger partial charge in [0.15, 0.2) is 16.4 Å². The molecule has 2 heterocycles. The first-order valence-corrected chi connectivity index (χ1v) is 8.53. The van der Waals surface area contributed by atoms with Crippen molar-refractivity contribution in [3.8, 4) is 0 Å². The minimum atomic E-state index is -4.59. The highest BCUT2D eigenvalue weighted by atomic mass is 32.1. The van der Waals surface area contributed by atoms with Gasteiger partial charge in [-0.15, -0.1) is 0 Å². The largest absolute Gasteiger partial charge is 0.416 e. The first-order chi connectivity index (χ1) is 13.2. The molecule has 0 bridgehead atoms. The van der Waals surface area contributed by atoms with Gasteiger partial charge in [-0.25, -0.2) is 13.5 Å². The molecule has 1 aliphatic rings. The quantitative estimate of drug-likeness (QED) is 0.376. The Kier molecular flexibility index (Phi) is 4.35. The Balaban J connectivity index is 1.82. The topological polar surface area (TPSA) is 46.1 Å². The lowest BCUT2D eigenvalue weighted by Gasteiger charge is -2.16. The number of hydrogen-bond acceptors (Lipinski definition) is 3. The maximum atomic E-state index is 13.8. The lowest BCUT2D eigenvalue weighted by Crippen LogP contribution is -2.21. The lowest BCUT2D eigenvalue weighted by atomic mass is 9.89. The third-order valence-corrected chi connectivity index (χ3v) is 4.98. The maximum absolute atomic E-state index is 13.8. The van der Waals surface area contributed by atoms with Gasteiger partial charge >= 0.3 is 6.18 Å². The molecule has 146 valence electrons. The van der Waals surface area contributed by atoms with Crippen LogP contribution in [0.1, 0.15) is 22.8 Å². The highest BCUT2D eigenvalue weighted by Crippen LogP contribution is 2.59. The number of H-pyrrole nitrogens is 1. The van der Waals surface area contributed by atoms with Gasteiger partial charge in [-0.1, -0.05) is 24.3 Å². The predicted molar refractivity (Wildman–Crippen MR) is 90.7 cm³/mol. The van der Waals surface area contributed by atoms with E-state index in [-0.39, 0.29) is 22.4 Å². The van der Waals surface area contributed by atoms with Crippen LogP contribution in [0.25, 0.3) is 0 Å². The number of ether oxygens (including phenoxy) is 1. The average molecular weight is 413 g/mol. The molecule has 2 atom stereocenters. The number of nitrogens with one attached hydrogen (secondary N) is 1. The summed E-state index contributed by atoms with van der Waals surface area (Å²) < 4.78 is 74.8. The summed E-state index contributed by atoms with van der Waals surface area (Å²) in [5.74, 6) is -2.19. The fourth-order valence-corrected chi connectivity index (χ4v) is 3.45. The molecule has 0 radical (unpaired) electrons. The summed E-state index contributed by atoms with van der Waals surface area (Å²) in [6, 6.07) is 8.10. The van der Waals surface area contributed by atoms with E-state index in [4.69, 9.17) is 17.0 Å². The first-order valence-electron chi connectivity index (χ1n) is 8.12. The molecule has 0 unspecified atom stereocenters. The van der Waals surface area contributed by atoms with Crippen molar-refractivity contribution in [2.45, 2.75) is 24.4 Å². The Hall–Kier alpha value is -2.59. The van der Waals surface area contributed by atoms with Crippen LogP contribution >= 0.6 is 12.2 Å². The average Bonchev–Trinajstić information content (AvgIpc) is 3.24. The zero-order chi connectivity index (χ0) is 20.1. The van der Waals surface area contributed by atoms with Gasteiger partial charge in [0.05, 0.1) is 12.1 Å². The summed E-state index contributed by atoms with van der Waals surface area (Å²) in [5.41, 5.74) is -2.13. The van der Waals surface area contributed by atoms with E-state index in [1.807, 2.05) is 0 Å². The molecule has 1 N–H and O–H groups in total. The number of alkyl halides is 3. The van der Waals surface area contributed by atoms with E-state index < -0.39 is 35.1 Å². The Morgan fingerprint density at radius 2 is 1.89 bits per heavy atom. The number of hydrogen-bond donors (Lipinski definition) is 1. The molecule has 4 nitrogen and oxygen atoms in total. The zero-order valence-electron chi connectivity index (χ0n) is 14.0. The van der Waals surface area contributed by atoms with E-state index in [1.54, 1.807) is 0 Å². The van der Waals surface area contributed by atoms with E-state index >= 15 is 0 Å². The van der Waals surface area contributed by atoms with Crippen LogP contribution in [0.5, 0.6) is 0 Å². The van der Waals surface area contributed by atoms with Crippen LogP contribution in [0.3, 0.4) is 0 Å². The third kappa shape index (κ3) is 3.12. The van der Waals surface area contributed by atoms with Crippen molar-refractivity contribution in [1.82, 2.24) is 14.8 Å². The standard InChI is InChI=1S/C18H12F5N3OS/c19-13-6-5-10(7-14(13)20)17(8-26-16(28)24-9-25-26)15(27-17)11-3-1-2-4-12(11)18(21,22)23/h1-7,9,15H,8H2,(H,24,25,28)/t15-,17-/m1/s1. The van der Waals surface area contributed by atoms with Crippen LogP contribution in [0.4, 0.5) is 22.0 Å². The van der Waals surface area contributed by atoms with Gasteiger partial charge in [-0.3, -0.25) is 0 Å². The van der Waals surface area contributed by atoms with E-state index in [1.165, 1.54) is 35.3 Å². The van der Waals surface area contributed by atoms with Crippen molar-refractivity contribution in [3.05, 3.63) is 81.9 Å². The molecule has 0 aliphatic carbocycles. The van der Waals surface area contributed by atoms with Crippen molar-refractivity contribution in [2.75, 3.05) is 0 Å². The monoisotopic (exact) mass is 413 g/mol. The molecule has 3 aromatic rings. The van der Waals surface area contributed by atoms with Crippen molar-refractivity contribution >= 4 is 12.2 Å². The molecular weight excluding hydrogens is 401 g/mol. The first kappa shape index (κ1) is 18.8.